The predicted molar refractivity (Wildman–Crippen MR) is 147 cm³/mol. The third-order valence-corrected chi connectivity index (χ3v) is 8.90. The minimum Gasteiger partial charge on any atom is -0.324 e. The molecule has 3 amide bonds. The highest BCUT2D eigenvalue weighted by Crippen LogP contribution is 2.61. The molecule has 2 bridgehead atoms. The van der Waals surface area contributed by atoms with Crippen LogP contribution >= 0.6 is 11.8 Å². The van der Waals surface area contributed by atoms with E-state index in [2.05, 4.69) is 29.6 Å². The van der Waals surface area contributed by atoms with Gasteiger partial charge in [0.2, 0.25) is 17.7 Å². The summed E-state index contributed by atoms with van der Waals surface area (Å²) in [6.45, 7) is 1.49. The van der Waals surface area contributed by atoms with Gasteiger partial charge in [0, 0.05) is 23.1 Å². The Labute approximate surface area is 225 Å². The molecule has 3 aliphatic carbocycles. The third kappa shape index (κ3) is 3.71. The molecule has 7 rings (SSSR count). The van der Waals surface area contributed by atoms with Crippen molar-refractivity contribution in [2.75, 3.05) is 17.3 Å². The van der Waals surface area contributed by atoms with Gasteiger partial charge in [0.25, 0.3) is 0 Å². The summed E-state index contributed by atoms with van der Waals surface area (Å²) in [6, 6.07) is 22.0. The number of nitrogens with zero attached hydrogens (tertiary/aromatic N) is 1. The zero-order valence-electron chi connectivity index (χ0n) is 21.2. The summed E-state index contributed by atoms with van der Waals surface area (Å²) in [5.41, 5.74) is 5.50. The Morgan fingerprint density at radius 3 is 1.71 bits per heavy atom. The van der Waals surface area contributed by atoms with Gasteiger partial charge in [0.05, 0.1) is 11.8 Å². The average Bonchev–Trinajstić information content (AvgIpc) is 3.19. The smallest absolute Gasteiger partial charge is 0.247 e. The average molecular weight is 525 g/mol. The maximum Gasteiger partial charge on any atom is 0.247 e. The molecule has 0 aromatic heterocycles. The Kier molecular flexibility index (Phi) is 6.19. The quantitative estimate of drug-likeness (QED) is 0.353. The molecular formula is C31H28N2O4S. The minimum atomic E-state index is -0.911. The highest BCUT2D eigenvalue weighted by Gasteiger charge is 2.62. The molecule has 6 nitrogen and oxygen atoms in total. The standard InChI is InChI=1S/C31H28N2O4S/c1-17(34)18-11-13-19(14-12-18)32-29(35)24(15-16-38-2)33-30(36)27-25-20-7-3-4-8-21(20)26(28(27)31(33)37)23-10-6-5-9-22(23)25/h3-14,24-28H,15-16H2,1-2H3,(H,32,35)/t24-,25?,26?,27-,28+/m0/s1. The monoisotopic (exact) mass is 524 g/mol. The number of likely N-dealkylation sites (tertiary alicyclic amines) is 1. The molecule has 1 fully saturated rings. The number of benzene rings is 3. The molecule has 1 N–H and O–H groups in total. The number of rotatable bonds is 7. The lowest BCUT2D eigenvalue weighted by Crippen LogP contribution is -2.48. The zero-order valence-corrected chi connectivity index (χ0v) is 22.0. The van der Waals surface area contributed by atoms with Crippen molar-refractivity contribution in [3.05, 3.63) is 101 Å². The van der Waals surface area contributed by atoms with Crippen molar-refractivity contribution in [2.45, 2.75) is 31.2 Å². The molecular weight excluding hydrogens is 496 g/mol. The summed E-state index contributed by atoms with van der Waals surface area (Å²) in [5.74, 6) is -1.79. The van der Waals surface area contributed by atoms with Crippen molar-refractivity contribution in [1.82, 2.24) is 4.90 Å². The summed E-state index contributed by atoms with van der Waals surface area (Å²) >= 11 is 1.57. The largest absolute Gasteiger partial charge is 0.324 e. The number of amides is 3. The first-order valence-corrected chi connectivity index (χ1v) is 14.3. The van der Waals surface area contributed by atoms with Gasteiger partial charge in [-0.25, -0.2) is 0 Å². The Morgan fingerprint density at radius 1 is 0.816 bits per heavy atom. The molecule has 38 heavy (non-hydrogen) atoms. The number of hydrogen-bond acceptors (Lipinski definition) is 5. The number of imide groups is 1. The topological polar surface area (TPSA) is 83.6 Å². The van der Waals surface area contributed by atoms with E-state index in [0.29, 0.717) is 23.4 Å². The molecule has 192 valence electrons. The lowest BCUT2D eigenvalue weighted by molar-refractivity contribution is -0.146. The number of Topliss-reactive ketones (excluding diaryl/α,β-unsaturated/α-hetero) is 1. The summed E-state index contributed by atoms with van der Waals surface area (Å²) in [6.07, 6.45) is 2.31. The van der Waals surface area contributed by atoms with Gasteiger partial charge in [-0.1, -0.05) is 48.5 Å². The normalized spacial score (nSPS) is 23.5. The van der Waals surface area contributed by atoms with Crippen LogP contribution in [0.5, 0.6) is 0 Å². The second-order valence-corrected chi connectivity index (χ2v) is 11.2. The number of thioether (sulfide) groups is 1. The van der Waals surface area contributed by atoms with Crippen molar-refractivity contribution < 1.29 is 19.2 Å². The lowest BCUT2D eigenvalue weighted by Gasteiger charge is -2.45. The Bertz CT molecular complexity index is 1350. The molecule has 0 saturated carbocycles. The van der Waals surface area contributed by atoms with E-state index in [9.17, 15) is 19.2 Å². The number of carbonyl (C=O) groups excluding carboxylic acids is 4. The third-order valence-electron chi connectivity index (χ3n) is 8.25. The summed E-state index contributed by atoms with van der Waals surface area (Å²) in [4.78, 5) is 54.7. The van der Waals surface area contributed by atoms with Crippen molar-refractivity contribution in [1.29, 1.82) is 0 Å². The number of carbonyl (C=O) groups is 4. The summed E-state index contributed by atoms with van der Waals surface area (Å²) in [5, 5.41) is 2.88. The molecule has 3 aromatic carbocycles. The number of nitrogens with one attached hydrogen (secondary N) is 1. The minimum absolute atomic E-state index is 0.0618. The molecule has 0 radical (unpaired) electrons. The van der Waals surface area contributed by atoms with E-state index in [1.807, 2.05) is 30.5 Å². The second kappa shape index (κ2) is 9.55. The van der Waals surface area contributed by atoms with Crippen LogP contribution in [-0.2, 0) is 14.4 Å². The maximum atomic E-state index is 14.1. The van der Waals surface area contributed by atoms with E-state index in [4.69, 9.17) is 0 Å². The van der Waals surface area contributed by atoms with E-state index in [1.165, 1.54) is 11.8 Å². The van der Waals surface area contributed by atoms with Crippen LogP contribution in [0, 0.1) is 11.8 Å². The molecule has 1 heterocycles. The van der Waals surface area contributed by atoms with Crippen LogP contribution in [0.2, 0.25) is 0 Å². The molecule has 7 heteroatoms. The van der Waals surface area contributed by atoms with Crippen molar-refractivity contribution in [2.24, 2.45) is 11.8 Å². The van der Waals surface area contributed by atoms with Gasteiger partial charge in [-0.05, 0) is 71.9 Å². The molecule has 3 atom stereocenters. The van der Waals surface area contributed by atoms with Crippen molar-refractivity contribution in [3.8, 4) is 0 Å². The van der Waals surface area contributed by atoms with E-state index in [0.717, 1.165) is 22.3 Å². The van der Waals surface area contributed by atoms with Crippen molar-refractivity contribution in [3.63, 3.8) is 0 Å². The fourth-order valence-electron chi connectivity index (χ4n) is 6.63. The molecule has 1 saturated heterocycles. The van der Waals surface area contributed by atoms with E-state index in [-0.39, 0.29) is 29.4 Å². The fraction of sp³-hybridized carbons (Fsp3) is 0.290. The van der Waals surface area contributed by atoms with Gasteiger partial charge in [-0.3, -0.25) is 24.1 Å². The molecule has 4 aliphatic rings. The van der Waals surface area contributed by atoms with Crippen LogP contribution in [0.4, 0.5) is 5.69 Å². The second-order valence-electron chi connectivity index (χ2n) is 10.2. The van der Waals surface area contributed by atoms with Crippen molar-refractivity contribution >= 4 is 41.0 Å². The highest BCUT2D eigenvalue weighted by atomic mass is 32.2. The SMILES string of the molecule is CSCC[C@@H](C(=O)Nc1ccc(C(C)=O)cc1)N1C(=O)[C@@H]2C3c4ccccc4C(c4ccccc43)[C@@H]2C1=O. The van der Waals surface area contributed by atoms with Crippen LogP contribution in [0.15, 0.2) is 72.8 Å². The first kappa shape index (κ1) is 24.6. The van der Waals surface area contributed by atoms with Crippen LogP contribution in [0.25, 0.3) is 0 Å². The van der Waals surface area contributed by atoms with Gasteiger partial charge in [0.1, 0.15) is 6.04 Å². The van der Waals surface area contributed by atoms with Gasteiger partial charge < -0.3 is 5.32 Å². The Hall–Kier alpha value is -3.71. The van der Waals surface area contributed by atoms with Gasteiger partial charge in [-0.2, -0.15) is 11.8 Å². The van der Waals surface area contributed by atoms with Gasteiger partial charge >= 0.3 is 0 Å². The first-order chi connectivity index (χ1) is 18.4. The van der Waals surface area contributed by atoms with E-state index >= 15 is 0 Å². The molecule has 3 aromatic rings. The maximum absolute atomic E-state index is 14.1. The summed E-state index contributed by atoms with van der Waals surface area (Å²) < 4.78 is 0. The van der Waals surface area contributed by atoms with Gasteiger partial charge in [0.15, 0.2) is 5.78 Å². The highest BCUT2D eigenvalue weighted by molar-refractivity contribution is 7.98. The number of anilines is 1. The Morgan fingerprint density at radius 2 is 1.29 bits per heavy atom. The molecule has 0 unspecified atom stereocenters. The summed E-state index contributed by atoms with van der Waals surface area (Å²) in [7, 11) is 0. The number of hydrogen-bond donors (Lipinski definition) is 1. The molecule has 1 aliphatic heterocycles. The van der Waals surface area contributed by atoms with E-state index in [1.54, 1.807) is 36.0 Å². The van der Waals surface area contributed by atoms with Crippen LogP contribution in [0.1, 0.15) is 57.8 Å². The van der Waals surface area contributed by atoms with Crippen LogP contribution < -0.4 is 5.32 Å². The first-order valence-electron chi connectivity index (χ1n) is 12.9. The zero-order chi connectivity index (χ0) is 26.6. The lowest BCUT2D eigenvalue weighted by atomic mass is 9.55. The fourth-order valence-corrected chi connectivity index (χ4v) is 7.09. The van der Waals surface area contributed by atoms with Gasteiger partial charge in [-0.15, -0.1) is 0 Å². The molecule has 0 spiro atoms. The van der Waals surface area contributed by atoms with Crippen LogP contribution in [-0.4, -0.2) is 46.5 Å². The Balaban J connectivity index is 1.36. The number of ketones is 1. The van der Waals surface area contributed by atoms with E-state index < -0.39 is 23.8 Å². The van der Waals surface area contributed by atoms with Crippen LogP contribution in [0.3, 0.4) is 0 Å². The predicted octanol–water partition coefficient (Wildman–Crippen LogP) is 4.84.